The number of nitrogens with zero attached hydrogens (tertiary/aromatic N) is 1. The number of rotatable bonds is 8. The first-order valence-electron chi connectivity index (χ1n) is 8.90. The number of aromatic nitrogens is 1. The van der Waals surface area contributed by atoms with Gasteiger partial charge in [0.2, 0.25) is 5.91 Å². The van der Waals surface area contributed by atoms with E-state index in [1.807, 2.05) is 36.6 Å². The van der Waals surface area contributed by atoms with Crippen LogP contribution in [0.4, 0.5) is 5.69 Å². The average Bonchev–Trinajstić information content (AvgIpc) is 3.23. The van der Waals surface area contributed by atoms with Gasteiger partial charge in [-0.25, -0.2) is 0 Å². The summed E-state index contributed by atoms with van der Waals surface area (Å²) in [4.78, 5) is 28.0. The van der Waals surface area contributed by atoms with Crippen LogP contribution in [0, 0.1) is 6.92 Å². The van der Waals surface area contributed by atoms with E-state index in [0.29, 0.717) is 42.1 Å². The highest BCUT2D eigenvalue weighted by Crippen LogP contribution is 2.26. The molecule has 2 aromatic heterocycles. The maximum absolute atomic E-state index is 12.1. The van der Waals surface area contributed by atoms with Gasteiger partial charge in [0.25, 0.3) is 5.91 Å². The van der Waals surface area contributed by atoms with Gasteiger partial charge in [0, 0.05) is 35.8 Å². The molecule has 0 aliphatic heterocycles. The lowest BCUT2D eigenvalue weighted by atomic mass is 10.2. The van der Waals surface area contributed by atoms with Crippen molar-refractivity contribution < 1.29 is 14.3 Å². The molecule has 0 fully saturated rings. The summed E-state index contributed by atoms with van der Waals surface area (Å²) in [5, 5.41) is 9.34. The van der Waals surface area contributed by atoms with Crippen molar-refractivity contribution in [2.45, 2.75) is 19.8 Å². The van der Waals surface area contributed by atoms with Gasteiger partial charge < -0.3 is 15.4 Å². The molecule has 2 heterocycles. The third kappa shape index (κ3) is 5.65. The summed E-state index contributed by atoms with van der Waals surface area (Å²) < 4.78 is 5.79. The monoisotopic (exact) mass is 395 g/mol. The van der Waals surface area contributed by atoms with Crippen LogP contribution < -0.4 is 15.4 Å². The fourth-order valence-electron chi connectivity index (χ4n) is 2.55. The standard InChI is InChI=1S/C21H21N3O3S/c1-15-12-17(6-7-19(15)27-18-4-2-9-22-13-18)24-20(25)5-3-10-23-21(26)16-8-11-28-14-16/h2,4,6-9,11-14H,3,5,10H2,1H3,(H,23,26)(H,24,25). The Morgan fingerprint density at radius 1 is 1.21 bits per heavy atom. The molecule has 1 aromatic carbocycles. The molecule has 0 unspecified atom stereocenters. The van der Waals surface area contributed by atoms with Crippen molar-refractivity contribution in [1.82, 2.24) is 10.3 Å². The number of hydrogen-bond donors (Lipinski definition) is 2. The number of thiophene rings is 1. The summed E-state index contributed by atoms with van der Waals surface area (Å²) in [5.74, 6) is 1.17. The third-order valence-electron chi connectivity index (χ3n) is 3.97. The zero-order chi connectivity index (χ0) is 19.8. The lowest BCUT2D eigenvalue weighted by Crippen LogP contribution is -2.25. The first-order valence-corrected chi connectivity index (χ1v) is 9.85. The lowest BCUT2D eigenvalue weighted by molar-refractivity contribution is -0.116. The summed E-state index contributed by atoms with van der Waals surface area (Å²) >= 11 is 1.48. The molecule has 0 aliphatic rings. The number of anilines is 1. The number of pyridine rings is 1. The van der Waals surface area contributed by atoms with Crippen LogP contribution in [0.2, 0.25) is 0 Å². The molecule has 3 aromatic rings. The van der Waals surface area contributed by atoms with E-state index < -0.39 is 0 Å². The van der Waals surface area contributed by atoms with Crippen LogP contribution in [0.5, 0.6) is 11.5 Å². The van der Waals surface area contributed by atoms with Gasteiger partial charge in [-0.15, -0.1) is 0 Å². The smallest absolute Gasteiger partial charge is 0.252 e. The van der Waals surface area contributed by atoms with E-state index in [1.54, 1.807) is 29.9 Å². The second-order valence-electron chi connectivity index (χ2n) is 6.19. The largest absolute Gasteiger partial charge is 0.455 e. The van der Waals surface area contributed by atoms with Crippen LogP contribution in [0.15, 0.2) is 59.6 Å². The first-order chi connectivity index (χ1) is 13.6. The van der Waals surface area contributed by atoms with E-state index in [9.17, 15) is 9.59 Å². The minimum absolute atomic E-state index is 0.0925. The molecule has 0 radical (unpaired) electrons. The molecule has 0 saturated heterocycles. The van der Waals surface area contributed by atoms with Crippen molar-refractivity contribution in [3.05, 3.63) is 70.7 Å². The molecule has 144 valence electrons. The average molecular weight is 395 g/mol. The molecule has 0 spiro atoms. The molecule has 0 atom stereocenters. The topological polar surface area (TPSA) is 80.3 Å². The molecule has 0 aliphatic carbocycles. The maximum atomic E-state index is 12.1. The van der Waals surface area contributed by atoms with E-state index in [-0.39, 0.29) is 11.8 Å². The minimum atomic E-state index is -0.110. The highest BCUT2D eigenvalue weighted by atomic mass is 32.1. The van der Waals surface area contributed by atoms with Gasteiger partial charge in [-0.2, -0.15) is 11.3 Å². The van der Waals surface area contributed by atoms with Gasteiger partial charge >= 0.3 is 0 Å². The SMILES string of the molecule is Cc1cc(NC(=O)CCCNC(=O)c2ccsc2)ccc1Oc1cccnc1. The van der Waals surface area contributed by atoms with Crippen LogP contribution in [-0.2, 0) is 4.79 Å². The van der Waals surface area contributed by atoms with Crippen molar-refractivity contribution in [3.63, 3.8) is 0 Å². The van der Waals surface area contributed by atoms with Crippen LogP contribution >= 0.6 is 11.3 Å². The number of hydrogen-bond acceptors (Lipinski definition) is 5. The first kappa shape index (κ1) is 19.6. The Hall–Kier alpha value is -3.19. The molecular formula is C21H21N3O3S. The van der Waals surface area contributed by atoms with Crippen LogP contribution in [0.25, 0.3) is 0 Å². The number of nitrogens with one attached hydrogen (secondary N) is 2. The predicted octanol–water partition coefficient (Wildman–Crippen LogP) is 4.39. The van der Waals surface area contributed by atoms with Gasteiger partial charge in [-0.1, -0.05) is 0 Å². The fraction of sp³-hybridized carbons (Fsp3) is 0.190. The molecular weight excluding hydrogens is 374 g/mol. The Morgan fingerprint density at radius 3 is 2.82 bits per heavy atom. The van der Waals surface area contributed by atoms with Gasteiger partial charge in [0.05, 0.1) is 6.20 Å². The van der Waals surface area contributed by atoms with E-state index in [0.717, 1.165) is 5.56 Å². The normalized spacial score (nSPS) is 10.3. The Labute approximate surface area is 167 Å². The maximum Gasteiger partial charge on any atom is 0.252 e. The molecule has 3 rings (SSSR count). The number of aryl methyl sites for hydroxylation is 1. The van der Waals surface area contributed by atoms with Gasteiger partial charge in [-0.3, -0.25) is 14.6 Å². The lowest BCUT2D eigenvalue weighted by Gasteiger charge is -2.11. The number of carbonyl (C=O) groups is 2. The molecule has 6 nitrogen and oxygen atoms in total. The quantitative estimate of drug-likeness (QED) is 0.554. The number of amides is 2. The minimum Gasteiger partial charge on any atom is -0.455 e. The molecule has 2 amide bonds. The third-order valence-corrected chi connectivity index (χ3v) is 4.65. The van der Waals surface area contributed by atoms with Gasteiger partial charge in [0.15, 0.2) is 0 Å². The summed E-state index contributed by atoms with van der Waals surface area (Å²) in [5.41, 5.74) is 2.27. The number of benzene rings is 1. The summed E-state index contributed by atoms with van der Waals surface area (Å²) in [7, 11) is 0. The Balaban J connectivity index is 1.43. The van der Waals surface area contributed by atoms with Crippen molar-refractivity contribution in [2.24, 2.45) is 0 Å². The zero-order valence-electron chi connectivity index (χ0n) is 15.5. The number of ether oxygens (including phenoxy) is 1. The van der Waals surface area contributed by atoms with E-state index in [1.165, 1.54) is 11.3 Å². The van der Waals surface area contributed by atoms with Crippen molar-refractivity contribution >= 4 is 28.8 Å². The molecule has 28 heavy (non-hydrogen) atoms. The summed E-state index contributed by atoms with van der Waals surface area (Å²) in [6.07, 6.45) is 4.23. The Morgan fingerprint density at radius 2 is 2.11 bits per heavy atom. The number of carbonyl (C=O) groups excluding carboxylic acids is 2. The molecule has 0 bridgehead atoms. The van der Waals surface area contributed by atoms with Gasteiger partial charge in [-0.05, 0) is 60.7 Å². The molecule has 2 N–H and O–H groups in total. The Kier molecular flexibility index (Phi) is 6.75. The van der Waals surface area contributed by atoms with Crippen molar-refractivity contribution in [3.8, 4) is 11.5 Å². The van der Waals surface area contributed by atoms with Crippen molar-refractivity contribution in [1.29, 1.82) is 0 Å². The summed E-state index contributed by atoms with van der Waals surface area (Å²) in [6.45, 7) is 2.38. The second-order valence-corrected chi connectivity index (χ2v) is 6.97. The van der Waals surface area contributed by atoms with Crippen LogP contribution in [0.1, 0.15) is 28.8 Å². The molecule has 0 saturated carbocycles. The Bertz CT molecular complexity index is 927. The fourth-order valence-corrected chi connectivity index (χ4v) is 3.18. The van der Waals surface area contributed by atoms with E-state index >= 15 is 0 Å². The highest BCUT2D eigenvalue weighted by Gasteiger charge is 2.08. The van der Waals surface area contributed by atoms with Crippen molar-refractivity contribution in [2.75, 3.05) is 11.9 Å². The van der Waals surface area contributed by atoms with Crippen LogP contribution in [-0.4, -0.2) is 23.3 Å². The van der Waals surface area contributed by atoms with Crippen LogP contribution in [0.3, 0.4) is 0 Å². The predicted molar refractivity (Wildman–Crippen MR) is 110 cm³/mol. The zero-order valence-corrected chi connectivity index (χ0v) is 16.3. The second kappa shape index (κ2) is 9.66. The van der Waals surface area contributed by atoms with E-state index in [4.69, 9.17) is 4.74 Å². The van der Waals surface area contributed by atoms with E-state index in [2.05, 4.69) is 15.6 Å². The van der Waals surface area contributed by atoms with Gasteiger partial charge in [0.1, 0.15) is 11.5 Å². The summed E-state index contributed by atoms with van der Waals surface area (Å²) in [6, 6.07) is 10.9. The molecule has 7 heteroatoms. The highest BCUT2D eigenvalue weighted by molar-refractivity contribution is 7.08.